The minimum absolute atomic E-state index is 0.0180. The van der Waals surface area contributed by atoms with E-state index in [0.717, 1.165) is 4.90 Å². The summed E-state index contributed by atoms with van der Waals surface area (Å²) >= 11 is 5.99. The number of imide groups is 1. The second kappa shape index (κ2) is 8.60. The van der Waals surface area contributed by atoms with Crippen molar-refractivity contribution in [2.24, 2.45) is 0 Å². The maximum Gasteiger partial charge on any atom is 0.269 e. The fraction of sp³-hybridized carbons (Fsp3) is 0.0870. The van der Waals surface area contributed by atoms with E-state index in [9.17, 15) is 24.5 Å². The van der Waals surface area contributed by atoms with Gasteiger partial charge >= 0.3 is 0 Å². The molecular formula is C23H16ClN3O5. The molecule has 0 aliphatic carbocycles. The maximum absolute atomic E-state index is 13.2. The molecule has 0 bridgehead atoms. The van der Waals surface area contributed by atoms with Crippen LogP contribution in [0.15, 0.2) is 72.8 Å². The molecule has 1 unspecified atom stereocenters. The lowest BCUT2D eigenvalue weighted by molar-refractivity contribution is -0.384. The number of rotatable bonds is 6. The van der Waals surface area contributed by atoms with E-state index in [1.54, 1.807) is 36.4 Å². The average molecular weight is 450 g/mol. The lowest BCUT2D eigenvalue weighted by Gasteiger charge is -2.25. The molecule has 0 saturated carbocycles. The zero-order chi connectivity index (χ0) is 22.8. The van der Waals surface area contributed by atoms with Crippen molar-refractivity contribution in [1.82, 2.24) is 4.90 Å². The normalized spacial score (nSPS) is 13.6. The highest BCUT2D eigenvalue weighted by Gasteiger charge is 2.42. The maximum atomic E-state index is 13.2. The Kier molecular flexibility index (Phi) is 5.70. The van der Waals surface area contributed by atoms with Gasteiger partial charge in [-0.05, 0) is 35.9 Å². The van der Waals surface area contributed by atoms with Crippen LogP contribution in [0.4, 0.5) is 11.4 Å². The molecule has 160 valence electrons. The van der Waals surface area contributed by atoms with Crippen LogP contribution >= 0.6 is 11.6 Å². The summed E-state index contributed by atoms with van der Waals surface area (Å²) in [6.07, 6.45) is -0.0180. The molecule has 1 heterocycles. The first-order valence-electron chi connectivity index (χ1n) is 9.62. The lowest BCUT2D eigenvalue weighted by atomic mass is 10.0. The number of benzene rings is 3. The number of nitro benzene ring substituents is 1. The van der Waals surface area contributed by atoms with Crippen LogP contribution in [-0.2, 0) is 11.2 Å². The molecule has 0 spiro atoms. The first kappa shape index (κ1) is 21.2. The Labute approximate surface area is 187 Å². The summed E-state index contributed by atoms with van der Waals surface area (Å²) < 4.78 is 0. The zero-order valence-electron chi connectivity index (χ0n) is 16.5. The lowest BCUT2D eigenvalue weighted by Crippen LogP contribution is -2.48. The minimum Gasteiger partial charge on any atom is -0.324 e. The first-order valence-corrected chi connectivity index (χ1v) is 9.99. The standard InChI is InChI=1S/C23H16ClN3O5/c24-15-4-3-5-16(13-15)25-21(28)20(12-14-8-10-17(11-9-14)27(31)32)26-22(29)18-6-1-2-7-19(18)23(26)30/h1-11,13,20H,12H2,(H,25,28). The Morgan fingerprint density at radius 1 is 0.969 bits per heavy atom. The summed E-state index contributed by atoms with van der Waals surface area (Å²) in [6.45, 7) is 0. The summed E-state index contributed by atoms with van der Waals surface area (Å²) in [5, 5.41) is 14.0. The van der Waals surface area contributed by atoms with E-state index in [4.69, 9.17) is 11.6 Å². The summed E-state index contributed by atoms with van der Waals surface area (Å²) in [7, 11) is 0. The van der Waals surface area contributed by atoms with Gasteiger partial charge in [0, 0.05) is 29.3 Å². The summed E-state index contributed by atoms with van der Waals surface area (Å²) in [4.78, 5) is 50.6. The van der Waals surface area contributed by atoms with Crippen LogP contribution in [-0.4, -0.2) is 33.6 Å². The van der Waals surface area contributed by atoms with E-state index in [1.807, 2.05) is 0 Å². The van der Waals surface area contributed by atoms with Crippen LogP contribution in [0.5, 0.6) is 0 Å². The Balaban J connectivity index is 1.68. The van der Waals surface area contributed by atoms with Gasteiger partial charge in [0.25, 0.3) is 17.5 Å². The van der Waals surface area contributed by atoms with Crippen molar-refractivity contribution in [3.05, 3.63) is 105 Å². The SMILES string of the molecule is O=C(Nc1cccc(Cl)c1)C(Cc1ccc([N+](=O)[O-])cc1)N1C(=O)c2ccccc2C1=O. The van der Waals surface area contributed by atoms with Gasteiger partial charge in [0.05, 0.1) is 16.1 Å². The molecule has 9 heteroatoms. The second-order valence-electron chi connectivity index (χ2n) is 7.17. The van der Waals surface area contributed by atoms with E-state index in [2.05, 4.69) is 5.32 Å². The number of anilines is 1. The van der Waals surface area contributed by atoms with Crippen LogP contribution in [0.3, 0.4) is 0 Å². The molecule has 1 atom stereocenters. The highest BCUT2D eigenvalue weighted by atomic mass is 35.5. The van der Waals surface area contributed by atoms with Gasteiger partial charge in [-0.1, -0.05) is 41.9 Å². The van der Waals surface area contributed by atoms with Crippen molar-refractivity contribution in [2.45, 2.75) is 12.5 Å². The largest absolute Gasteiger partial charge is 0.324 e. The van der Waals surface area contributed by atoms with Crippen molar-refractivity contribution < 1.29 is 19.3 Å². The summed E-state index contributed by atoms with van der Waals surface area (Å²) in [5.74, 6) is -1.72. The summed E-state index contributed by atoms with van der Waals surface area (Å²) in [5.41, 5.74) is 1.31. The van der Waals surface area contributed by atoms with Crippen LogP contribution in [0, 0.1) is 10.1 Å². The number of nitrogens with zero attached hydrogens (tertiary/aromatic N) is 2. The summed E-state index contributed by atoms with van der Waals surface area (Å²) in [6, 6.07) is 17.3. The van der Waals surface area contributed by atoms with Crippen LogP contribution < -0.4 is 5.32 Å². The van der Waals surface area contributed by atoms with Crippen LogP contribution in [0.2, 0.25) is 5.02 Å². The van der Waals surface area contributed by atoms with E-state index in [0.29, 0.717) is 16.3 Å². The van der Waals surface area contributed by atoms with E-state index in [1.165, 1.54) is 36.4 Å². The number of fused-ring (bicyclic) bond motifs is 1. The molecule has 3 aromatic rings. The first-order chi connectivity index (χ1) is 15.3. The van der Waals surface area contributed by atoms with Gasteiger partial charge in [-0.25, -0.2) is 0 Å². The third kappa shape index (κ3) is 4.08. The number of halogens is 1. The molecule has 0 fully saturated rings. The molecule has 32 heavy (non-hydrogen) atoms. The van der Waals surface area contributed by atoms with Crippen LogP contribution in [0.1, 0.15) is 26.3 Å². The molecule has 8 nitrogen and oxygen atoms in total. The van der Waals surface area contributed by atoms with E-state index < -0.39 is 28.7 Å². The monoisotopic (exact) mass is 449 g/mol. The number of hydrogen-bond acceptors (Lipinski definition) is 5. The van der Waals surface area contributed by atoms with Gasteiger partial charge < -0.3 is 5.32 Å². The Hall–Kier alpha value is -4.04. The molecule has 4 rings (SSSR count). The molecule has 3 aromatic carbocycles. The topological polar surface area (TPSA) is 110 Å². The van der Waals surface area contributed by atoms with Gasteiger partial charge in [0.2, 0.25) is 5.91 Å². The predicted octanol–water partition coefficient (Wildman–Crippen LogP) is 4.09. The van der Waals surface area contributed by atoms with Crippen LogP contribution in [0.25, 0.3) is 0 Å². The number of hydrogen-bond donors (Lipinski definition) is 1. The number of carbonyl (C=O) groups excluding carboxylic acids is 3. The second-order valence-corrected chi connectivity index (χ2v) is 7.61. The van der Waals surface area contributed by atoms with Gasteiger partial charge in [-0.3, -0.25) is 29.4 Å². The molecule has 1 aliphatic rings. The van der Waals surface area contributed by atoms with E-state index in [-0.39, 0.29) is 23.2 Å². The highest BCUT2D eigenvalue weighted by Crippen LogP contribution is 2.27. The highest BCUT2D eigenvalue weighted by molar-refractivity contribution is 6.31. The smallest absolute Gasteiger partial charge is 0.269 e. The van der Waals surface area contributed by atoms with Gasteiger partial charge in [0.15, 0.2) is 0 Å². The molecular weight excluding hydrogens is 434 g/mol. The van der Waals surface area contributed by atoms with Gasteiger partial charge in [-0.2, -0.15) is 0 Å². The van der Waals surface area contributed by atoms with Crippen molar-refractivity contribution in [3.8, 4) is 0 Å². The average Bonchev–Trinajstić information content (AvgIpc) is 3.03. The molecule has 1 aliphatic heterocycles. The predicted molar refractivity (Wildman–Crippen MR) is 118 cm³/mol. The van der Waals surface area contributed by atoms with E-state index >= 15 is 0 Å². The fourth-order valence-electron chi connectivity index (χ4n) is 3.56. The third-order valence-corrected chi connectivity index (χ3v) is 5.34. The van der Waals surface area contributed by atoms with Crippen molar-refractivity contribution in [3.63, 3.8) is 0 Å². The molecule has 1 N–H and O–H groups in total. The molecule has 3 amide bonds. The number of nitro groups is 1. The minimum atomic E-state index is -1.18. The van der Waals surface area contributed by atoms with Gasteiger partial charge in [-0.15, -0.1) is 0 Å². The zero-order valence-corrected chi connectivity index (χ0v) is 17.3. The Morgan fingerprint density at radius 3 is 2.16 bits per heavy atom. The Morgan fingerprint density at radius 2 is 1.59 bits per heavy atom. The fourth-order valence-corrected chi connectivity index (χ4v) is 3.75. The van der Waals surface area contributed by atoms with Crippen molar-refractivity contribution in [2.75, 3.05) is 5.32 Å². The number of nitrogens with one attached hydrogen (secondary N) is 1. The molecule has 0 radical (unpaired) electrons. The van der Waals surface area contributed by atoms with Crippen molar-refractivity contribution >= 4 is 40.7 Å². The molecule has 0 aromatic heterocycles. The number of non-ortho nitro benzene ring substituents is 1. The molecule has 0 saturated heterocycles. The Bertz CT molecular complexity index is 1210. The number of carbonyl (C=O) groups is 3. The quantitative estimate of drug-likeness (QED) is 0.346. The third-order valence-electron chi connectivity index (χ3n) is 5.11. The van der Waals surface area contributed by atoms with Gasteiger partial charge in [0.1, 0.15) is 6.04 Å². The number of amides is 3. The van der Waals surface area contributed by atoms with Crippen molar-refractivity contribution in [1.29, 1.82) is 0 Å².